The molecule has 3 aliphatic heterocycles. The zero-order chi connectivity index (χ0) is 40.9. The van der Waals surface area contributed by atoms with E-state index in [2.05, 4.69) is 22.1 Å². The van der Waals surface area contributed by atoms with E-state index >= 15 is 4.39 Å². The molecule has 2 atom stereocenters. The molecule has 14 nitrogen and oxygen atoms in total. The molecule has 308 valence electrons. The molecule has 5 heterocycles. The molecule has 15 heteroatoms. The minimum atomic E-state index is -1.20. The van der Waals surface area contributed by atoms with Crippen molar-refractivity contribution in [2.75, 3.05) is 59.0 Å². The second kappa shape index (κ2) is 17.9. The van der Waals surface area contributed by atoms with Crippen molar-refractivity contribution in [3.8, 4) is 28.4 Å². The van der Waals surface area contributed by atoms with Crippen LogP contribution < -0.4 is 30.0 Å². The molecule has 2 aromatic carbocycles. The lowest BCUT2D eigenvalue weighted by Gasteiger charge is -2.39. The van der Waals surface area contributed by atoms with Gasteiger partial charge in [-0.25, -0.2) is 9.18 Å². The number of benzene rings is 2. The highest BCUT2D eigenvalue weighted by atomic mass is 19.1. The number of hydrogen-bond acceptors (Lipinski definition) is 10. The van der Waals surface area contributed by atoms with Gasteiger partial charge in [0, 0.05) is 93.1 Å². The van der Waals surface area contributed by atoms with E-state index in [4.69, 9.17) is 18.9 Å². The van der Waals surface area contributed by atoms with Gasteiger partial charge in [0.2, 0.25) is 5.91 Å². The fourth-order valence-electron chi connectivity index (χ4n) is 8.18. The highest BCUT2D eigenvalue weighted by Gasteiger charge is 2.35. The Morgan fingerprint density at radius 3 is 2.38 bits per heavy atom. The maximum Gasteiger partial charge on any atom is 0.328 e. The van der Waals surface area contributed by atoms with E-state index < -0.39 is 18.3 Å². The number of rotatable bonds is 13. The smallest absolute Gasteiger partial charge is 0.328 e. The maximum absolute atomic E-state index is 15.8. The molecule has 2 aromatic heterocycles. The first kappa shape index (κ1) is 40.6. The fourth-order valence-corrected chi connectivity index (χ4v) is 8.18. The third-order valence-corrected chi connectivity index (χ3v) is 11.4. The number of alkyl halides is 1. The van der Waals surface area contributed by atoms with Gasteiger partial charge in [-0.3, -0.25) is 34.5 Å². The second-order valence-electron chi connectivity index (χ2n) is 15.0. The molecule has 1 N–H and O–H groups in total. The number of amides is 4. The molecule has 0 unspecified atom stereocenters. The average molecular weight is 799 g/mol. The lowest BCUT2D eigenvalue weighted by Crippen LogP contribution is -2.49. The van der Waals surface area contributed by atoms with Gasteiger partial charge in [0.05, 0.1) is 44.6 Å². The van der Waals surface area contributed by atoms with Crippen molar-refractivity contribution in [3.05, 3.63) is 76.5 Å². The number of urea groups is 1. The van der Waals surface area contributed by atoms with E-state index in [-0.39, 0.29) is 43.0 Å². The van der Waals surface area contributed by atoms with Crippen molar-refractivity contribution < 1.29 is 37.7 Å². The number of anilines is 1. The molecule has 0 spiro atoms. The van der Waals surface area contributed by atoms with Crippen LogP contribution in [0.2, 0.25) is 0 Å². The molecule has 0 aliphatic carbocycles. The van der Waals surface area contributed by atoms with Crippen LogP contribution in [-0.4, -0.2) is 110 Å². The first-order valence-electron chi connectivity index (χ1n) is 19.9. The Bertz CT molecular complexity index is 2220. The van der Waals surface area contributed by atoms with Crippen molar-refractivity contribution in [2.45, 2.75) is 76.9 Å². The van der Waals surface area contributed by atoms with E-state index in [1.165, 1.54) is 12.0 Å². The van der Waals surface area contributed by atoms with Gasteiger partial charge in [0.1, 0.15) is 23.4 Å². The highest BCUT2D eigenvalue weighted by Crippen LogP contribution is 2.40. The van der Waals surface area contributed by atoms with Crippen molar-refractivity contribution in [3.63, 3.8) is 0 Å². The summed E-state index contributed by atoms with van der Waals surface area (Å²) in [5, 5.41) is 3.62. The summed E-state index contributed by atoms with van der Waals surface area (Å²) >= 11 is 0. The van der Waals surface area contributed by atoms with E-state index in [9.17, 15) is 19.2 Å². The van der Waals surface area contributed by atoms with Crippen LogP contribution >= 0.6 is 0 Å². The average Bonchev–Trinajstić information content (AvgIpc) is 3.24. The largest absolute Gasteiger partial charge is 0.496 e. The number of ether oxygens (including phenoxy) is 4. The highest BCUT2D eigenvalue weighted by molar-refractivity contribution is 6.07. The summed E-state index contributed by atoms with van der Waals surface area (Å²) in [4.78, 5) is 60.5. The molecular formula is C43H51FN6O8. The van der Waals surface area contributed by atoms with Gasteiger partial charge in [-0.1, -0.05) is 13.3 Å². The first-order valence-corrected chi connectivity index (χ1v) is 19.9. The van der Waals surface area contributed by atoms with Gasteiger partial charge in [-0.05, 0) is 67.5 Å². The Balaban J connectivity index is 0.971. The van der Waals surface area contributed by atoms with Crippen LogP contribution in [0.1, 0.15) is 61.4 Å². The third kappa shape index (κ3) is 8.51. The van der Waals surface area contributed by atoms with Crippen LogP contribution in [0.3, 0.4) is 0 Å². The zero-order valence-corrected chi connectivity index (χ0v) is 33.5. The minimum absolute atomic E-state index is 0.0802. The number of carbonyl (C=O) groups is 3. The van der Waals surface area contributed by atoms with E-state index in [0.717, 1.165) is 34.9 Å². The van der Waals surface area contributed by atoms with Crippen LogP contribution in [0.5, 0.6) is 17.2 Å². The molecule has 0 radical (unpaired) electrons. The number of imide groups is 1. The van der Waals surface area contributed by atoms with Gasteiger partial charge in [0.15, 0.2) is 0 Å². The lowest BCUT2D eigenvalue weighted by molar-refractivity contribution is -0.120. The lowest BCUT2D eigenvalue weighted by atomic mass is 9.97. The Hall–Kier alpha value is -5.54. The van der Waals surface area contributed by atoms with Crippen LogP contribution in [0, 0.1) is 0 Å². The number of aromatic nitrogens is 2. The number of nitrogens with zero attached hydrogens (tertiary/aromatic N) is 5. The molecule has 3 saturated heterocycles. The summed E-state index contributed by atoms with van der Waals surface area (Å²) in [6.07, 6.45) is 6.86. The molecule has 0 bridgehead atoms. The van der Waals surface area contributed by atoms with Gasteiger partial charge in [-0.2, -0.15) is 0 Å². The summed E-state index contributed by atoms with van der Waals surface area (Å²) in [6.45, 7) is 5.02. The molecule has 7 rings (SSSR count). The van der Waals surface area contributed by atoms with E-state index in [1.807, 2.05) is 24.4 Å². The molecule has 4 amide bonds. The minimum Gasteiger partial charge on any atom is -0.496 e. The Labute approximate surface area is 336 Å². The number of nitrogens with one attached hydrogen (secondary N) is 1. The number of hydrogen-bond donors (Lipinski definition) is 1. The molecule has 3 fully saturated rings. The van der Waals surface area contributed by atoms with Crippen LogP contribution in [-0.2, 0) is 22.6 Å². The fraction of sp³-hybridized carbons (Fsp3) is 0.465. The van der Waals surface area contributed by atoms with Crippen molar-refractivity contribution in [2.24, 2.45) is 0 Å². The summed E-state index contributed by atoms with van der Waals surface area (Å²) in [6, 6.07) is 10.1. The number of likely N-dealkylation sites (tertiary alicyclic amines) is 2. The van der Waals surface area contributed by atoms with Crippen LogP contribution in [0.25, 0.3) is 21.9 Å². The molecular weight excluding hydrogens is 748 g/mol. The molecule has 0 saturated carbocycles. The third-order valence-electron chi connectivity index (χ3n) is 11.4. The van der Waals surface area contributed by atoms with Gasteiger partial charge in [-0.15, -0.1) is 0 Å². The predicted octanol–water partition coefficient (Wildman–Crippen LogP) is 5.57. The van der Waals surface area contributed by atoms with E-state index in [0.29, 0.717) is 85.9 Å². The van der Waals surface area contributed by atoms with Crippen molar-refractivity contribution in [1.29, 1.82) is 0 Å². The number of pyridine rings is 2. The topological polar surface area (TPSA) is 145 Å². The Morgan fingerprint density at radius 1 is 0.897 bits per heavy atom. The number of halogens is 1. The Morgan fingerprint density at radius 2 is 1.67 bits per heavy atom. The van der Waals surface area contributed by atoms with Gasteiger partial charge >= 0.3 is 6.03 Å². The first-order chi connectivity index (χ1) is 28.1. The number of piperidine rings is 2. The number of carbonyl (C=O) groups excluding carboxylic acids is 3. The predicted molar refractivity (Wildman–Crippen MR) is 217 cm³/mol. The summed E-state index contributed by atoms with van der Waals surface area (Å²) in [5.74, 6) is 1.14. The summed E-state index contributed by atoms with van der Waals surface area (Å²) in [7, 11) is 4.71. The number of aryl methyl sites for hydroxylation is 1. The molecule has 4 aromatic rings. The van der Waals surface area contributed by atoms with Crippen LogP contribution in [0.15, 0.2) is 59.8 Å². The zero-order valence-electron chi connectivity index (χ0n) is 33.5. The van der Waals surface area contributed by atoms with Crippen molar-refractivity contribution >= 4 is 34.3 Å². The quantitative estimate of drug-likeness (QED) is 0.182. The number of unbranched alkanes of at least 4 members (excludes halogenated alkanes) is 1. The molecule has 3 aliphatic rings. The Kier molecular flexibility index (Phi) is 12.6. The SMILES string of the molecule is CCCCn1cc(-c2cc(OC)c(CN3CC[C@@H](OC4CCN(C(=O)c5ccc(OC)c(N6CCC(=O)NC6=O)c5)CC4)[C@H](F)C3)cc2OC)c2ccncc2c1=O. The standard InChI is InChI=1S/C43H51FN6O8/c1-5-6-15-49-25-33(30-9-14-45-23-32(30)42(49)53)31-22-38(56-3)28(21-39(31)57-4)24-47-16-12-36(34(44)26-47)58-29-10-17-48(18-11-29)41(52)27-7-8-37(55-2)35(20-27)50-19-13-40(51)46-43(50)54/h7-9,14,20-23,25,29,34,36H,5-6,10-13,15-19,24,26H2,1-4H3,(H,46,51,54)/t34-,36-/m1/s1. The van der Waals surface area contributed by atoms with E-state index in [1.54, 1.807) is 54.3 Å². The normalized spacial score (nSPS) is 19.3. The maximum atomic E-state index is 15.8. The van der Waals surface area contributed by atoms with Gasteiger partial charge < -0.3 is 28.4 Å². The monoisotopic (exact) mass is 798 g/mol. The number of methoxy groups -OCH3 is 3. The second-order valence-corrected chi connectivity index (χ2v) is 15.0. The summed E-state index contributed by atoms with van der Waals surface area (Å²) < 4.78 is 41.2. The van der Waals surface area contributed by atoms with Crippen molar-refractivity contribution in [1.82, 2.24) is 24.7 Å². The summed E-state index contributed by atoms with van der Waals surface area (Å²) in [5.41, 5.74) is 3.22. The number of fused-ring (bicyclic) bond motifs is 1. The van der Waals surface area contributed by atoms with Gasteiger partial charge in [0.25, 0.3) is 11.5 Å². The molecule has 58 heavy (non-hydrogen) atoms. The van der Waals surface area contributed by atoms with Crippen LogP contribution in [0.4, 0.5) is 14.9 Å².